The van der Waals surface area contributed by atoms with Gasteiger partial charge < -0.3 is 9.47 Å². The molecule has 0 bridgehead atoms. The first kappa shape index (κ1) is 11.2. The van der Waals surface area contributed by atoms with Crippen molar-refractivity contribution < 1.29 is 9.47 Å². The average Bonchev–Trinajstić information content (AvgIpc) is 2.36. The fourth-order valence-electron chi connectivity index (χ4n) is 1.82. The molecule has 0 aliphatic carbocycles. The van der Waals surface area contributed by atoms with Gasteiger partial charge in [-0.05, 0) is 19.1 Å². The second kappa shape index (κ2) is 4.30. The van der Waals surface area contributed by atoms with Gasteiger partial charge in [-0.1, -0.05) is 0 Å². The summed E-state index contributed by atoms with van der Waals surface area (Å²) in [4.78, 5) is 4.41. The van der Waals surface area contributed by atoms with E-state index in [-0.39, 0.29) is 0 Å². The van der Waals surface area contributed by atoms with Gasteiger partial charge >= 0.3 is 0 Å². The number of hydrogen-bond donors (Lipinski definition) is 0. The Morgan fingerprint density at radius 2 is 1.88 bits per heavy atom. The predicted octanol–water partition coefficient (Wildman–Crippen LogP) is 2.43. The van der Waals surface area contributed by atoms with Gasteiger partial charge in [-0.3, -0.25) is 0 Å². The number of ether oxygens (including phenoxy) is 2. The Morgan fingerprint density at radius 3 is 2.47 bits per heavy atom. The molecule has 0 aliphatic rings. The molecule has 1 aromatic heterocycles. The molecule has 4 nitrogen and oxygen atoms in total. The zero-order valence-corrected chi connectivity index (χ0v) is 9.94. The maximum atomic E-state index is 9.11. The van der Waals surface area contributed by atoms with Gasteiger partial charge in [-0.25, -0.2) is 4.98 Å². The van der Waals surface area contributed by atoms with Crippen LogP contribution in [0.3, 0.4) is 0 Å². The minimum absolute atomic E-state index is 0.533. The Morgan fingerprint density at radius 1 is 1.18 bits per heavy atom. The van der Waals surface area contributed by atoms with Crippen molar-refractivity contribution in [2.24, 2.45) is 0 Å². The van der Waals surface area contributed by atoms with Crippen LogP contribution in [-0.2, 0) is 0 Å². The molecule has 86 valence electrons. The summed E-state index contributed by atoms with van der Waals surface area (Å²) >= 11 is 0. The largest absolute Gasteiger partial charge is 0.496 e. The summed E-state index contributed by atoms with van der Waals surface area (Å²) < 4.78 is 10.6. The summed E-state index contributed by atoms with van der Waals surface area (Å²) in [5, 5.41) is 9.81. The fraction of sp³-hybridized carbons (Fsp3) is 0.231. The van der Waals surface area contributed by atoms with E-state index in [2.05, 4.69) is 11.1 Å². The van der Waals surface area contributed by atoms with Crippen LogP contribution in [-0.4, -0.2) is 19.2 Å². The number of fused-ring (bicyclic) bond motifs is 1. The quantitative estimate of drug-likeness (QED) is 0.792. The monoisotopic (exact) mass is 228 g/mol. The van der Waals surface area contributed by atoms with E-state index in [9.17, 15) is 0 Å². The molecule has 0 fully saturated rings. The van der Waals surface area contributed by atoms with Gasteiger partial charge in [0.05, 0.1) is 31.2 Å². The topological polar surface area (TPSA) is 55.1 Å². The number of benzene rings is 1. The summed E-state index contributed by atoms with van der Waals surface area (Å²) in [7, 11) is 3.16. The van der Waals surface area contributed by atoms with E-state index >= 15 is 0 Å². The lowest BCUT2D eigenvalue weighted by atomic mass is 10.1. The molecule has 1 aromatic carbocycles. The molecule has 0 radical (unpaired) electrons. The van der Waals surface area contributed by atoms with Crippen LogP contribution < -0.4 is 9.47 Å². The molecular formula is C13H12N2O2. The van der Waals surface area contributed by atoms with Crippen LogP contribution in [0, 0.1) is 18.3 Å². The van der Waals surface area contributed by atoms with Gasteiger partial charge in [0.1, 0.15) is 17.0 Å². The van der Waals surface area contributed by atoms with Crippen LogP contribution in [0.1, 0.15) is 11.3 Å². The van der Waals surface area contributed by atoms with Crippen molar-refractivity contribution in [2.45, 2.75) is 6.92 Å². The van der Waals surface area contributed by atoms with Crippen LogP contribution in [0.5, 0.6) is 11.5 Å². The number of methoxy groups -OCH3 is 2. The third-order valence-electron chi connectivity index (χ3n) is 2.58. The first-order valence-corrected chi connectivity index (χ1v) is 5.13. The zero-order chi connectivity index (χ0) is 12.4. The standard InChI is InChI=1S/C13H12N2O2/c1-8-6-11(17-3)12-9(7-14)4-5-10(16-2)13(12)15-8/h4-6H,1-3H3. The molecule has 0 spiro atoms. The van der Waals surface area contributed by atoms with Gasteiger partial charge in [0.2, 0.25) is 0 Å². The normalized spacial score (nSPS) is 10.0. The van der Waals surface area contributed by atoms with Crippen molar-refractivity contribution >= 4 is 10.9 Å². The van der Waals surface area contributed by atoms with Gasteiger partial charge in [-0.15, -0.1) is 0 Å². The van der Waals surface area contributed by atoms with Crippen LogP contribution in [0.25, 0.3) is 10.9 Å². The third kappa shape index (κ3) is 1.76. The first-order valence-electron chi connectivity index (χ1n) is 5.13. The molecule has 1 heterocycles. The van der Waals surface area contributed by atoms with Crippen molar-refractivity contribution in [1.82, 2.24) is 4.98 Å². The Bertz CT molecular complexity index is 615. The maximum Gasteiger partial charge on any atom is 0.145 e. The first-order chi connectivity index (χ1) is 8.21. The molecule has 2 aromatic rings. The molecule has 0 atom stereocenters. The number of nitrogens with zero attached hydrogens (tertiary/aromatic N) is 2. The number of rotatable bonds is 2. The Hall–Kier alpha value is -2.28. The lowest BCUT2D eigenvalue weighted by Gasteiger charge is -2.10. The predicted molar refractivity (Wildman–Crippen MR) is 64.3 cm³/mol. The molecule has 2 rings (SSSR count). The van der Waals surface area contributed by atoms with E-state index in [1.807, 2.05) is 13.0 Å². The van der Waals surface area contributed by atoms with Crippen molar-refractivity contribution in [1.29, 1.82) is 5.26 Å². The van der Waals surface area contributed by atoms with Crippen molar-refractivity contribution in [3.63, 3.8) is 0 Å². The molecule has 0 saturated heterocycles. The van der Waals surface area contributed by atoms with Gasteiger partial charge in [0.25, 0.3) is 0 Å². The summed E-state index contributed by atoms with van der Waals surface area (Å²) in [5.41, 5.74) is 2.01. The van der Waals surface area contributed by atoms with E-state index in [0.29, 0.717) is 28.0 Å². The minimum atomic E-state index is 0.533. The number of aromatic nitrogens is 1. The molecule has 4 heteroatoms. The van der Waals surface area contributed by atoms with Gasteiger partial charge in [-0.2, -0.15) is 5.26 Å². The number of aryl methyl sites for hydroxylation is 1. The molecular weight excluding hydrogens is 216 g/mol. The lowest BCUT2D eigenvalue weighted by molar-refractivity contribution is 0.413. The summed E-state index contributed by atoms with van der Waals surface area (Å²) in [5.74, 6) is 1.28. The number of nitriles is 1. The molecule has 0 saturated carbocycles. The van der Waals surface area contributed by atoms with Crippen molar-refractivity contribution in [3.8, 4) is 17.6 Å². The van der Waals surface area contributed by atoms with E-state index in [1.165, 1.54) is 0 Å². The van der Waals surface area contributed by atoms with Crippen LogP contribution in [0.4, 0.5) is 0 Å². The molecule has 0 aliphatic heterocycles. The summed E-state index contributed by atoms with van der Waals surface area (Å²) in [6.45, 7) is 1.88. The van der Waals surface area contributed by atoms with E-state index in [0.717, 1.165) is 5.69 Å². The van der Waals surface area contributed by atoms with Crippen LogP contribution in [0.15, 0.2) is 18.2 Å². The average molecular weight is 228 g/mol. The number of hydrogen-bond acceptors (Lipinski definition) is 4. The Balaban J connectivity index is 2.95. The van der Waals surface area contributed by atoms with E-state index in [4.69, 9.17) is 14.7 Å². The van der Waals surface area contributed by atoms with Gasteiger partial charge in [0, 0.05) is 11.8 Å². The van der Waals surface area contributed by atoms with E-state index < -0.39 is 0 Å². The third-order valence-corrected chi connectivity index (χ3v) is 2.58. The highest BCUT2D eigenvalue weighted by Crippen LogP contribution is 2.33. The highest BCUT2D eigenvalue weighted by atomic mass is 16.5. The Kier molecular flexibility index (Phi) is 2.84. The van der Waals surface area contributed by atoms with Crippen LogP contribution >= 0.6 is 0 Å². The Labute approximate surface area is 99.4 Å². The smallest absolute Gasteiger partial charge is 0.145 e. The molecule has 17 heavy (non-hydrogen) atoms. The van der Waals surface area contributed by atoms with Crippen LogP contribution in [0.2, 0.25) is 0 Å². The summed E-state index contributed by atoms with van der Waals surface area (Å²) in [6.07, 6.45) is 0. The van der Waals surface area contributed by atoms with E-state index in [1.54, 1.807) is 26.4 Å². The zero-order valence-electron chi connectivity index (χ0n) is 9.94. The second-order valence-corrected chi connectivity index (χ2v) is 3.62. The van der Waals surface area contributed by atoms with Crippen molar-refractivity contribution in [3.05, 3.63) is 29.5 Å². The number of pyridine rings is 1. The lowest BCUT2D eigenvalue weighted by Crippen LogP contribution is -1.95. The minimum Gasteiger partial charge on any atom is -0.496 e. The molecule has 0 unspecified atom stereocenters. The fourth-order valence-corrected chi connectivity index (χ4v) is 1.82. The van der Waals surface area contributed by atoms with Gasteiger partial charge in [0.15, 0.2) is 0 Å². The second-order valence-electron chi connectivity index (χ2n) is 3.62. The maximum absolute atomic E-state index is 9.11. The highest BCUT2D eigenvalue weighted by Gasteiger charge is 2.13. The van der Waals surface area contributed by atoms with Crippen molar-refractivity contribution in [2.75, 3.05) is 14.2 Å². The SMILES string of the molecule is COc1ccc(C#N)c2c(OC)cc(C)nc12. The highest BCUT2D eigenvalue weighted by molar-refractivity contribution is 5.94. The summed E-state index contributed by atoms with van der Waals surface area (Å²) in [6, 6.07) is 7.40. The molecule has 0 N–H and O–H groups in total. The molecule has 0 amide bonds.